The molecule has 0 bridgehead atoms. The maximum atomic E-state index is 6.07. The minimum Gasteiger partial charge on any atom is -0.369 e. The third-order valence-electron chi connectivity index (χ3n) is 4.27. The van der Waals surface area contributed by atoms with E-state index in [1.165, 1.54) is 44.1 Å². The van der Waals surface area contributed by atoms with Crippen LogP contribution in [0.25, 0.3) is 0 Å². The van der Waals surface area contributed by atoms with Crippen LogP contribution in [0.4, 0.5) is 0 Å². The van der Waals surface area contributed by atoms with E-state index < -0.39 is 0 Å². The van der Waals surface area contributed by atoms with Crippen molar-refractivity contribution in [3.05, 3.63) is 47.0 Å². The molecule has 0 N–H and O–H groups in total. The van der Waals surface area contributed by atoms with Gasteiger partial charge in [0.2, 0.25) is 0 Å². The van der Waals surface area contributed by atoms with E-state index in [1.807, 2.05) is 0 Å². The lowest BCUT2D eigenvalue weighted by atomic mass is 9.87. The number of hydrogen-bond donors (Lipinski definition) is 0. The van der Waals surface area contributed by atoms with Crippen LogP contribution in [-0.2, 0) is 4.74 Å². The summed E-state index contributed by atoms with van der Waals surface area (Å²) < 4.78 is 6.07. The maximum Gasteiger partial charge on any atom is 0.0866 e. The molecule has 0 saturated carbocycles. The zero-order chi connectivity index (χ0) is 12.2. The third-order valence-corrected chi connectivity index (χ3v) is 4.27. The molecule has 1 heteroatoms. The molecule has 0 fully saturated rings. The van der Waals surface area contributed by atoms with Crippen molar-refractivity contribution in [2.45, 2.75) is 51.0 Å². The molecule has 18 heavy (non-hydrogen) atoms. The van der Waals surface area contributed by atoms with Crippen molar-refractivity contribution in [3.8, 4) is 0 Å². The molecule has 2 aliphatic rings. The fourth-order valence-corrected chi connectivity index (χ4v) is 3.17. The van der Waals surface area contributed by atoms with Gasteiger partial charge in [-0.1, -0.05) is 48.7 Å². The summed E-state index contributed by atoms with van der Waals surface area (Å²) in [4.78, 5) is 0. The van der Waals surface area contributed by atoms with Gasteiger partial charge in [-0.2, -0.15) is 0 Å². The SMILES string of the molecule is c1ccc(C2CC3=C(CCCCCC3)CO2)cc1. The summed E-state index contributed by atoms with van der Waals surface area (Å²) in [7, 11) is 0. The first-order valence-corrected chi connectivity index (χ1v) is 7.30. The Morgan fingerprint density at radius 3 is 2.33 bits per heavy atom. The van der Waals surface area contributed by atoms with Crippen molar-refractivity contribution < 1.29 is 4.74 Å². The first-order chi connectivity index (χ1) is 8.93. The highest BCUT2D eigenvalue weighted by molar-refractivity contribution is 5.25. The molecule has 0 saturated heterocycles. The molecular formula is C17H22O. The lowest BCUT2D eigenvalue weighted by molar-refractivity contribution is 0.0541. The van der Waals surface area contributed by atoms with Gasteiger partial charge in [0.1, 0.15) is 0 Å². The minimum atomic E-state index is 0.296. The van der Waals surface area contributed by atoms with Gasteiger partial charge in [-0.25, -0.2) is 0 Å². The summed E-state index contributed by atoms with van der Waals surface area (Å²) >= 11 is 0. The van der Waals surface area contributed by atoms with Gasteiger partial charge in [-0.3, -0.25) is 0 Å². The zero-order valence-corrected chi connectivity index (χ0v) is 11.0. The maximum absolute atomic E-state index is 6.07. The quantitative estimate of drug-likeness (QED) is 0.643. The van der Waals surface area contributed by atoms with Crippen molar-refractivity contribution in [2.75, 3.05) is 6.61 Å². The van der Waals surface area contributed by atoms with E-state index in [-0.39, 0.29) is 0 Å². The Hall–Kier alpha value is -1.08. The van der Waals surface area contributed by atoms with Crippen LogP contribution < -0.4 is 0 Å². The standard InChI is InChI=1S/C17H22O/c1-2-5-11-16-13-18-17(12-15(16)10-4-1)14-8-6-3-7-9-14/h3,6-9,17H,1-2,4-5,10-13H2. The fraction of sp³-hybridized carbons (Fsp3) is 0.529. The molecule has 1 nitrogen and oxygen atoms in total. The smallest absolute Gasteiger partial charge is 0.0866 e. The fourth-order valence-electron chi connectivity index (χ4n) is 3.17. The summed E-state index contributed by atoms with van der Waals surface area (Å²) in [5.41, 5.74) is 4.66. The van der Waals surface area contributed by atoms with E-state index >= 15 is 0 Å². The molecular weight excluding hydrogens is 220 g/mol. The van der Waals surface area contributed by atoms with Crippen LogP contribution in [0, 0.1) is 0 Å². The second-order valence-electron chi connectivity index (χ2n) is 5.54. The molecule has 1 aromatic rings. The van der Waals surface area contributed by atoms with E-state index in [0.717, 1.165) is 13.0 Å². The number of rotatable bonds is 1. The van der Waals surface area contributed by atoms with Crippen LogP contribution >= 0.6 is 0 Å². The zero-order valence-electron chi connectivity index (χ0n) is 11.0. The second kappa shape index (κ2) is 5.71. The molecule has 1 aliphatic heterocycles. The van der Waals surface area contributed by atoms with Gasteiger partial charge in [0.25, 0.3) is 0 Å². The van der Waals surface area contributed by atoms with E-state index in [1.54, 1.807) is 11.1 Å². The van der Waals surface area contributed by atoms with E-state index in [0.29, 0.717) is 6.10 Å². The molecule has 1 heterocycles. The Kier molecular flexibility index (Phi) is 3.80. The van der Waals surface area contributed by atoms with Crippen molar-refractivity contribution >= 4 is 0 Å². The van der Waals surface area contributed by atoms with Crippen molar-refractivity contribution in [3.63, 3.8) is 0 Å². The van der Waals surface area contributed by atoms with E-state index in [4.69, 9.17) is 4.74 Å². The summed E-state index contributed by atoms with van der Waals surface area (Å²) in [5, 5.41) is 0. The van der Waals surface area contributed by atoms with Crippen LogP contribution in [-0.4, -0.2) is 6.61 Å². The third kappa shape index (κ3) is 2.67. The molecule has 1 atom stereocenters. The van der Waals surface area contributed by atoms with Crippen LogP contribution in [0.5, 0.6) is 0 Å². The molecule has 0 amide bonds. The van der Waals surface area contributed by atoms with E-state index in [9.17, 15) is 0 Å². The lowest BCUT2D eigenvalue weighted by Crippen LogP contribution is -2.17. The van der Waals surface area contributed by atoms with Gasteiger partial charge in [0.15, 0.2) is 0 Å². The molecule has 96 valence electrons. The molecule has 0 radical (unpaired) electrons. The second-order valence-corrected chi connectivity index (χ2v) is 5.54. The number of benzene rings is 1. The van der Waals surface area contributed by atoms with Crippen LogP contribution in [0.1, 0.15) is 56.6 Å². The Balaban J connectivity index is 1.76. The monoisotopic (exact) mass is 242 g/mol. The van der Waals surface area contributed by atoms with Crippen molar-refractivity contribution in [1.29, 1.82) is 0 Å². The normalized spacial score (nSPS) is 25.2. The molecule has 1 aromatic carbocycles. The Morgan fingerprint density at radius 2 is 1.56 bits per heavy atom. The van der Waals surface area contributed by atoms with Gasteiger partial charge >= 0.3 is 0 Å². The number of ether oxygens (including phenoxy) is 1. The van der Waals surface area contributed by atoms with Crippen LogP contribution in [0.3, 0.4) is 0 Å². The van der Waals surface area contributed by atoms with Gasteiger partial charge in [0.05, 0.1) is 12.7 Å². The molecule has 3 rings (SSSR count). The summed E-state index contributed by atoms with van der Waals surface area (Å²) in [6.07, 6.45) is 9.55. The Morgan fingerprint density at radius 1 is 0.833 bits per heavy atom. The predicted octanol–water partition coefficient (Wildman–Crippen LogP) is 4.80. The Labute approximate surface area is 110 Å². The largest absolute Gasteiger partial charge is 0.369 e. The van der Waals surface area contributed by atoms with Crippen LogP contribution in [0.2, 0.25) is 0 Å². The topological polar surface area (TPSA) is 9.23 Å². The van der Waals surface area contributed by atoms with Crippen LogP contribution in [0.15, 0.2) is 41.5 Å². The summed E-state index contributed by atoms with van der Waals surface area (Å²) in [5.74, 6) is 0. The molecule has 1 unspecified atom stereocenters. The summed E-state index contributed by atoms with van der Waals surface area (Å²) in [6.45, 7) is 0.870. The predicted molar refractivity (Wildman–Crippen MR) is 74.5 cm³/mol. The Bertz CT molecular complexity index is 418. The highest BCUT2D eigenvalue weighted by Gasteiger charge is 2.22. The van der Waals surface area contributed by atoms with Crippen molar-refractivity contribution in [2.24, 2.45) is 0 Å². The highest BCUT2D eigenvalue weighted by atomic mass is 16.5. The lowest BCUT2D eigenvalue weighted by Gasteiger charge is -2.29. The van der Waals surface area contributed by atoms with Crippen molar-refractivity contribution in [1.82, 2.24) is 0 Å². The van der Waals surface area contributed by atoms with Gasteiger partial charge in [-0.15, -0.1) is 0 Å². The highest BCUT2D eigenvalue weighted by Crippen LogP contribution is 2.36. The van der Waals surface area contributed by atoms with Gasteiger partial charge in [0, 0.05) is 0 Å². The molecule has 1 aliphatic carbocycles. The molecule has 0 aromatic heterocycles. The van der Waals surface area contributed by atoms with Gasteiger partial charge in [-0.05, 0) is 43.2 Å². The summed E-state index contributed by atoms with van der Waals surface area (Å²) in [6, 6.07) is 10.7. The first-order valence-electron chi connectivity index (χ1n) is 7.30. The molecule has 0 spiro atoms. The average molecular weight is 242 g/mol. The first kappa shape index (κ1) is 12.0. The minimum absolute atomic E-state index is 0.296. The van der Waals surface area contributed by atoms with Gasteiger partial charge < -0.3 is 4.74 Å². The number of hydrogen-bond acceptors (Lipinski definition) is 1. The average Bonchev–Trinajstić information content (AvgIpc) is 2.40. The van der Waals surface area contributed by atoms with E-state index in [2.05, 4.69) is 30.3 Å².